The summed E-state index contributed by atoms with van der Waals surface area (Å²) in [6.07, 6.45) is 7.33. The van der Waals surface area contributed by atoms with Gasteiger partial charge in [-0.25, -0.2) is 18.4 Å². The van der Waals surface area contributed by atoms with E-state index in [1.165, 1.54) is 54.9 Å². The van der Waals surface area contributed by atoms with Crippen molar-refractivity contribution < 1.29 is 45.8 Å². The first-order valence-electron chi connectivity index (χ1n) is 16.2. The van der Waals surface area contributed by atoms with Crippen LogP contribution in [0, 0.1) is 5.92 Å². The zero-order valence-electron chi connectivity index (χ0n) is 28.5. The van der Waals surface area contributed by atoms with Gasteiger partial charge in [-0.2, -0.15) is 8.78 Å². The number of halogens is 4. The van der Waals surface area contributed by atoms with Crippen LogP contribution < -0.4 is 13.8 Å². The van der Waals surface area contributed by atoms with Gasteiger partial charge in [0.25, 0.3) is 11.8 Å². The lowest BCUT2D eigenvalue weighted by molar-refractivity contribution is -0.149. The van der Waals surface area contributed by atoms with E-state index in [1.54, 1.807) is 19.1 Å². The van der Waals surface area contributed by atoms with Crippen LogP contribution in [0.5, 0.6) is 11.5 Å². The molecule has 1 aromatic heterocycles. The van der Waals surface area contributed by atoms with Crippen molar-refractivity contribution in [2.24, 2.45) is 5.92 Å². The maximum Gasteiger partial charge on any atom is 0.387 e. The summed E-state index contributed by atoms with van der Waals surface area (Å²) in [6.45, 7) is 1.40. The van der Waals surface area contributed by atoms with Crippen LogP contribution in [0.25, 0.3) is 0 Å². The minimum atomic E-state index is -3.90. The molecule has 3 aromatic rings. The molecule has 2 aromatic carbocycles. The molecule has 2 amide bonds. The summed E-state index contributed by atoms with van der Waals surface area (Å²) < 4.78 is 69.3. The van der Waals surface area contributed by atoms with Crippen LogP contribution in [-0.2, 0) is 26.1 Å². The Hall–Kier alpha value is -4.86. The number of nitrogens with zero attached hydrogens (tertiary/aromatic N) is 4. The molecule has 0 bridgehead atoms. The Kier molecular flexibility index (Phi) is 12.5. The second kappa shape index (κ2) is 16.9. The molecule has 0 N–H and O–H groups in total. The maximum absolute atomic E-state index is 13.6. The largest absolute Gasteiger partial charge is 0.489 e. The molecule has 17 heteroatoms. The number of esters is 1. The van der Waals surface area contributed by atoms with Crippen molar-refractivity contribution in [3.63, 3.8) is 0 Å². The summed E-state index contributed by atoms with van der Waals surface area (Å²) in [5.74, 6) is -2.45. The van der Waals surface area contributed by atoms with Gasteiger partial charge >= 0.3 is 12.6 Å². The number of carbonyl (C=O) groups excluding carboxylic acids is 3. The number of amides is 2. The van der Waals surface area contributed by atoms with Gasteiger partial charge in [-0.05, 0) is 73.2 Å². The lowest BCUT2D eigenvalue weighted by atomic mass is 9.99. The number of allylic oxidation sites excluding steroid dienone is 4. The Morgan fingerprint density at radius 3 is 2.40 bits per heavy atom. The van der Waals surface area contributed by atoms with Crippen LogP contribution in [0.15, 0.2) is 89.2 Å². The minimum Gasteiger partial charge on any atom is -0.489 e. The van der Waals surface area contributed by atoms with Crippen LogP contribution in [0.4, 0.5) is 14.5 Å². The molecule has 1 aliphatic heterocycles. The summed E-state index contributed by atoms with van der Waals surface area (Å²) in [6, 6.07) is 9.53. The summed E-state index contributed by atoms with van der Waals surface area (Å²) in [7, 11) is -3.90. The van der Waals surface area contributed by atoms with Crippen LogP contribution in [0.2, 0.25) is 0 Å². The summed E-state index contributed by atoms with van der Waals surface area (Å²) >= 11 is 12.9. The second-order valence-electron chi connectivity index (χ2n) is 12.0. The van der Waals surface area contributed by atoms with E-state index >= 15 is 0 Å². The number of imide groups is 1. The molecule has 1 fully saturated rings. The van der Waals surface area contributed by atoms with Gasteiger partial charge in [-0.15, -0.1) is 0 Å². The van der Waals surface area contributed by atoms with Gasteiger partial charge in [0.15, 0.2) is 11.5 Å². The first-order chi connectivity index (χ1) is 25.2. The average molecular weight is 792 g/mol. The first-order valence-corrected chi connectivity index (χ1v) is 18.8. The Balaban J connectivity index is 1.42. The van der Waals surface area contributed by atoms with E-state index < -0.39 is 47.1 Å². The summed E-state index contributed by atoms with van der Waals surface area (Å²) in [5, 5.41) is 0.368. The number of ether oxygens (including phenoxy) is 3. The molecule has 5 rings (SSSR count). The van der Waals surface area contributed by atoms with Crippen molar-refractivity contribution in [1.29, 1.82) is 0 Å². The quantitative estimate of drug-likeness (QED) is 0.0802. The minimum absolute atomic E-state index is 0.00802. The van der Waals surface area contributed by atoms with Gasteiger partial charge in [0.2, 0.25) is 10.0 Å². The van der Waals surface area contributed by atoms with Crippen LogP contribution in [-0.4, -0.2) is 67.1 Å². The zero-order valence-corrected chi connectivity index (χ0v) is 30.8. The lowest BCUT2D eigenvalue weighted by Gasteiger charge is -2.23. The molecule has 0 saturated heterocycles. The van der Waals surface area contributed by atoms with Crippen LogP contribution in [0.1, 0.15) is 64.4 Å². The van der Waals surface area contributed by atoms with Gasteiger partial charge in [0.05, 0.1) is 36.2 Å². The number of sulfonamides is 1. The highest BCUT2D eigenvalue weighted by molar-refractivity contribution is 7.92. The number of carbonyl (C=O) groups is 3. The van der Waals surface area contributed by atoms with E-state index in [-0.39, 0.29) is 75.3 Å². The smallest absolute Gasteiger partial charge is 0.387 e. The topological polar surface area (TPSA) is 145 Å². The third-order valence-corrected chi connectivity index (χ3v) is 10.2. The normalized spacial score (nSPS) is 15.5. The van der Waals surface area contributed by atoms with Crippen LogP contribution >= 0.6 is 23.2 Å². The number of aromatic nitrogens is 2. The number of hydrogen-bond donors (Lipinski definition) is 0. The molecule has 1 saturated carbocycles. The van der Waals surface area contributed by atoms with Crippen molar-refractivity contribution in [2.45, 2.75) is 45.4 Å². The highest BCUT2D eigenvalue weighted by Gasteiger charge is 2.39. The lowest BCUT2D eigenvalue weighted by Crippen LogP contribution is -2.36. The molecule has 0 radical (unpaired) electrons. The number of fused-ring (bicyclic) bond motifs is 1. The molecule has 280 valence electrons. The third-order valence-electron chi connectivity index (χ3n) is 8.23. The Labute approximate surface area is 314 Å². The monoisotopic (exact) mass is 790 g/mol. The van der Waals surface area contributed by atoms with E-state index in [4.69, 9.17) is 32.7 Å². The summed E-state index contributed by atoms with van der Waals surface area (Å²) in [5.41, 5.74) is 0.508. The highest BCUT2D eigenvalue weighted by Crippen LogP contribution is 2.39. The maximum atomic E-state index is 13.6. The Morgan fingerprint density at radius 2 is 1.77 bits per heavy atom. The molecule has 53 heavy (non-hydrogen) atoms. The number of alkyl halides is 2. The Bertz CT molecular complexity index is 2080. The molecule has 1 aliphatic carbocycles. The van der Waals surface area contributed by atoms with Gasteiger partial charge in [0.1, 0.15) is 18.5 Å². The molecule has 2 aliphatic rings. The Morgan fingerprint density at radius 1 is 1.08 bits per heavy atom. The van der Waals surface area contributed by atoms with E-state index in [0.717, 1.165) is 23.4 Å². The SMILES string of the molecule is C=C/C(Cl)=C(C[C@H](OC(=O)CN1C(=O)c2ccc(N(Cc3ncccn3)S(C)(=O)=O)cc2C1=O)c1ccc(OC(F)F)c(OCC2CC2)c1)\C(Cl)=C/C. The van der Waals surface area contributed by atoms with Crippen molar-refractivity contribution >= 4 is 56.7 Å². The summed E-state index contributed by atoms with van der Waals surface area (Å²) in [4.78, 5) is 49.3. The molecule has 0 unspecified atom stereocenters. The second-order valence-corrected chi connectivity index (χ2v) is 14.8. The molecule has 2 heterocycles. The number of hydrogen-bond acceptors (Lipinski definition) is 10. The van der Waals surface area contributed by atoms with Gasteiger partial charge in [-0.3, -0.25) is 23.6 Å². The molecule has 0 spiro atoms. The predicted octanol–water partition coefficient (Wildman–Crippen LogP) is 6.93. The molecule has 1 atom stereocenters. The fourth-order valence-electron chi connectivity index (χ4n) is 5.39. The van der Waals surface area contributed by atoms with Gasteiger partial charge in [0, 0.05) is 28.9 Å². The molecular formula is C36H34Cl2F2N4O8S. The third kappa shape index (κ3) is 9.77. The van der Waals surface area contributed by atoms with Crippen molar-refractivity contribution in [1.82, 2.24) is 14.9 Å². The first kappa shape index (κ1) is 39.3. The number of benzene rings is 2. The van der Waals surface area contributed by atoms with E-state index in [0.29, 0.717) is 10.5 Å². The molecular weight excluding hydrogens is 757 g/mol. The number of anilines is 1. The number of rotatable bonds is 17. The highest BCUT2D eigenvalue weighted by atomic mass is 35.5. The van der Waals surface area contributed by atoms with E-state index in [9.17, 15) is 31.6 Å². The van der Waals surface area contributed by atoms with Crippen molar-refractivity contribution in [3.8, 4) is 11.5 Å². The van der Waals surface area contributed by atoms with Crippen molar-refractivity contribution in [2.75, 3.05) is 23.7 Å². The fourth-order valence-corrected chi connectivity index (χ4v) is 6.64. The fraction of sp³-hybridized carbons (Fsp3) is 0.306. The predicted molar refractivity (Wildman–Crippen MR) is 192 cm³/mol. The zero-order chi connectivity index (χ0) is 38.4. The van der Waals surface area contributed by atoms with Crippen molar-refractivity contribution in [3.05, 3.63) is 112 Å². The van der Waals surface area contributed by atoms with Crippen LogP contribution in [0.3, 0.4) is 0 Å². The van der Waals surface area contributed by atoms with Gasteiger partial charge < -0.3 is 14.2 Å². The van der Waals surface area contributed by atoms with Gasteiger partial charge in [-0.1, -0.05) is 48.0 Å². The molecule has 12 nitrogen and oxygen atoms in total. The average Bonchev–Trinajstić information content (AvgIpc) is 3.94. The van der Waals surface area contributed by atoms with E-state index in [1.807, 2.05) is 0 Å². The standard InChI is InChI=1S/C36H34Cl2F2N4O8S/c1-4-27(37)26(28(38)5-2)17-30(22-9-12-29(52-36(39)40)31(15-22)50-20-21-7-8-21)51-33(45)19-43-34(46)24-11-10-23(16-25(24)35(43)47)44(53(3,48)49)18-32-41-13-6-14-42-32/h4-6,9-16,21,30,36H,1,7-8,17-20H2,2-3H3/b27-26+,28-5+/t30-/m0/s1. The van der Waals surface area contributed by atoms with E-state index in [2.05, 4.69) is 21.3 Å².